The van der Waals surface area contributed by atoms with Gasteiger partial charge >= 0.3 is 0 Å². The predicted octanol–water partition coefficient (Wildman–Crippen LogP) is 0.901. The number of nitrogens with zero attached hydrogens (tertiary/aromatic N) is 3. The summed E-state index contributed by atoms with van der Waals surface area (Å²) in [5.74, 6) is 0. The molecule has 9 heteroatoms. The Balaban J connectivity index is 1.98. The van der Waals surface area contributed by atoms with E-state index in [0.717, 1.165) is 0 Å². The third-order valence-corrected chi connectivity index (χ3v) is 5.25. The highest BCUT2D eigenvalue weighted by Crippen LogP contribution is 2.23. The van der Waals surface area contributed by atoms with Gasteiger partial charge in [-0.15, -0.1) is 5.10 Å². The van der Waals surface area contributed by atoms with Gasteiger partial charge in [0.15, 0.2) is 0 Å². The van der Waals surface area contributed by atoms with E-state index in [9.17, 15) is 8.42 Å². The van der Waals surface area contributed by atoms with Crippen molar-refractivity contribution in [2.75, 3.05) is 6.54 Å². The zero-order valence-electron chi connectivity index (χ0n) is 11.1. The molecule has 0 amide bonds. The van der Waals surface area contributed by atoms with Crippen LogP contribution in [0.1, 0.15) is 12.0 Å². The lowest BCUT2D eigenvalue weighted by atomic mass is 10.2. The first-order valence-electron chi connectivity index (χ1n) is 6.26. The lowest BCUT2D eigenvalue weighted by Crippen LogP contribution is -2.26. The van der Waals surface area contributed by atoms with Gasteiger partial charge in [-0.3, -0.25) is 4.68 Å². The summed E-state index contributed by atoms with van der Waals surface area (Å²) in [6, 6.07) is 4.72. The smallest absolute Gasteiger partial charge is 0.241 e. The molecule has 0 bridgehead atoms. The van der Waals surface area contributed by atoms with Crippen LogP contribution in [0.3, 0.4) is 0 Å². The number of aliphatic hydroxyl groups is 1. The molecule has 0 aliphatic rings. The number of sulfonamides is 1. The Morgan fingerprint density at radius 2 is 2.19 bits per heavy atom. The maximum absolute atomic E-state index is 12.2. The molecule has 114 valence electrons. The van der Waals surface area contributed by atoms with Crippen LogP contribution in [0.5, 0.6) is 0 Å². The average molecular weight is 375 g/mol. The molecule has 2 aromatic rings. The molecule has 21 heavy (non-hydrogen) atoms. The van der Waals surface area contributed by atoms with Gasteiger partial charge in [0.05, 0.1) is 17.7 Å². The maximum atomic E-state index is 12.2. The molecule has 0 aliphatic heterocycles. The number of aliphatic hydroxyl groups excluding tert-OH is 1. The van der Waals surface area contributed by atoms with Crippen LogP contribution in [0.25, 0.3) is 0 Å². The summed E-state index contributed by atoms with van der Waals surface area (Å²) >= 11 is 3.21. The Bertz CT molecular complexity index is 689. The van der Waals surface area contributed by atoms with Crippen LogP contribution in [0.15, 0.2) is 40.0 Å². The summed E-state index contributed by atoms with van der Waals surface area (Å²) in [7, 11) is -3.62. The van der Waals surface area contributed by atoms with Crippen LogP contribution < -0.4 is 4.72 Å². The predicted molar refractivity (Wildman–Crippen MR) is 79.9 cm³/mol. The van der Waals surface area contributed by atoms with Crippen LogP contribution >= 0.6 is 15.9 Å². The van der Waals surface area contributed by atoms with E-state index in [4.69, 9.17) is 5.11 Å². The minimum Gasteiger partial charge on any atom is -0.392 e. The fourth-order valence-electron chi connectivity index (χ4n) is 1.73. The molecule has 2 rings (SSSR count). The number of benzene rings is 1. The fourth-order valence-corrected chi connectivity index (χ4v) is 3.82. The van der Waals surface area contributed by atoms with Gasteiger partial charge in [-0.05, 0) is 40.0 Å². The first-order valence-corrected chi connectivity index (χ1v) is 8.53. The molecule has 7 nitrogen and oxygen atoms in total. The second kappa shape index (κ2) is 7.12. The standard InChI is InChI=1S/C12H15BrN4O3S/c13-11-3-2-10(9-18)8-12(11)21(19,20)15-4-1-6-17-7-5-14-16-17/h2-3,5,7-8,15,18H,1,4,6,9H2. The fraction of sp³-hybridized carbons (Fsp3) is 0.333. The second-order valence-corrected chi connectivity index (χ2v) is 6.93. The number of aromatic nitrogens is 3. The molecule has 0 spiro atoms. The topological polar surface area (TPSA) is 97.1 Å². The zero-order chi connectivity index (χ0) is 15.3. The highest BCUT2D eigenvalue weighted by molar-refractivity contribution is 9.10. The Morgan fingerprint density at radius 3 is 2.86 bits per heavy atom. The van der Waals surface area contributed by atoms with Crippen molar-refractivity contribution in [3.05, 3.63) is 40.6 Å². The van der Waals surface area contributed by atoms with Crippen LogP contribution in [-0.4, -0.2) is 35.1 Å². The van der Waals surface area contributed by atoms with Crippen molar-refractivity contribution < 1.29 is 13.5 Å². The summed E-state index contributed by atoms with van der Waals surface area (Å²) in [4.78, 5) is 0.120. The van der Waals surface area contributed by atoms with Gasteiger partial charge in [-0.1, -0.05) is 11.3 Å². The van der Waals surface area contributed by atoms with E-state index in [1.54, 1.807) is 29.2 Å². The number of rotatable bonds is 7. The van der Waals surface area contributed by atoms with Crippen LogP contribution in [0.4, 0.5) is 0 Å². The number of nitrogens with one attached hydrogen (secondary N) is 1. The van der Waals surface area contributed by atoms with Gasteiger partial charge in [-0.2, -0.15) is 0 Å². The molecule has 1 aromatic heterocycles. The highest BCUT2D eigenvalue weighted by atomic mass is 79.9. The van der Waals surface area contributed by atoms with Crippen molar-refractivity contribution in [2.45, 2.75) is 24.5 Å². The number of hydrogen-bond donors (Lipinski definition) is 2. The highest BCUT2D eigenvalue weighted by Gasteiger charge is 2.17. The van der Waals surface area contributed by atoms with Gasteiger partial charge in [0.25, 0.3) is 0 Å². The second-order valence-electron chi connectivity index (χ2n) is 4.34. The van der Waals surface area contributed by atoms with Crippen LogP contribution in [0.2, 0.25) is 0 Å². The van der Waals surface area contributed by atoms with E-state index >= 15 is 0 Å². The molecule has 1 heterocycles. The third-order valence-electron chi connectivity index (χ3n) is 2.80. The van der Waals surface area contributed by atoms with E-state index in [-0.39, 0.29) is 18.0 Å². The van der Waals surface area contributed by atoms with E-state index in [1.165, 1.54) is 6.07 Å². The van der Waals surface area contributed by atoms with E-state index < -0.39 is 10.0 Å². The molecule has 0 unspecified atom stereocenters. The normalized spacial score (nSPS) is 11.7. The van der Waals surface area contributed by atoms with Crippen molar-refractivity contribution in [1.82, 2.24) is 19.7 Å². The van der Waals surface area contributed by atoms with Crippen molar-refractivity contribution >= 4 is 26.0 Å². The number of halogens is 1. The quantitative estimate of drug-likeness (QED) is 0.701. The summed E-state index contributed by atoms with van der Waals surface area (Å²) in [6.07, 6.45) is 3.89. The van der Waals surface area contributed by atoms with Gasteiger partial charge in [0.2, 0.25) is 10.0 Å². The molecule has 2 N–H and O–H groups in total. The SMILES string of the molecule is O=S(=O)(NCCCn1ccnn1)c1cc(CO)ccc1Br. The largest absolute Gasteiger partial charge is 0.392 e. The Labute approximate surface area is 131 Å². The van der Waals surface area contributed by atoms with E-state index in [0.29, 0.717) is 23.0 Å². The van der Waals surface area contributed by atoms with Crippen LogP contribution in [-0.2, 0) is 23.2 Å². The Morgan fingerprint density at radius 1 is 1.38 bits per heavy atom. The van der Waals surface area contributed by atoms with Crippen molar-refractivity contribution in [3.8, 4) is 0 Å². The summed E-state index contributed by atoms with van der Waals surface area (Å²) < 4.78 is 29.1. The Kier molecular flexibility index (Phi) is 5.45. The molecular formula is C12H15BrN4O3S. The van der Waals surface area contributed by atoms with Gasteiger partial charge in [0.1, 0.15) is 0 Å². The van der Waals surface area contributed by atoms with Crippen LogP contribution in [0, 0.1) is 0 Å². The molecule has 0 saturated carbocycles. The summed E-state index contributed by atoms with van der Waals surface area (Å²) in [5.41, 5.74) is 0.543. The molecule has 0 radical (unpaired) electrons. The maximum Gasteiger partial charge on any atom is 0.241 e. The molecule has 0 aliphatic carbocycles. The zero-order valence-corrected chi connectivity index (χ0v) is 13.5. The minimum atomic E-state index is -3.62. The van der Waals surface area contributed by atoms with E-state index in [1.807, 2.05) is 0 Å². The molecule has 0 fully saturated rings. The third kappa shape index (κ3) is 4.34. The first-order chi connectivity index (χ1) is 10.0. The minimum absolute atomic E-state index is 0.120. The van der Waals surface area contributed by atoms with Crippen molar-refractivity contribution in [2.24, 2.45) is 0 Å². The number of aryl methyl sites for hydroxylation is 1. The monoisotopic (exact) mass is 374 g/mol. The summed E-state index contributed by atoms with van der Waals surface area (Å²) in [5, 5.41) is 16.6. The average Bonchev–Trinajstić information content (AvgIpc) is 2.97. The van der Waals surface area contributed by atoms with Crippen molar-refractivity contribution in [1.29, 1.82) is 0 Å². The number of hydrogen-bond acceptors (Lipinski definition) is 5. The molecular weight excluding hydrogens is 360 g/mol. The molecule has 1 aromatic carbocycles. The van der Waals surface area contributed by atoms with Gasteiger partial charge in [0, 0.05) is 23.8 Å². The van der Waals surface area contributed by atoms with Gasteiger partial charge in [-0.25, -0.2) is 13.1 Å². The molecule has 0 atom stereocenters. The lowest BCUT2D eigenvalue weighted by molar-refractivity contribution is 0.281. The lowest BCUT2D eigenvalue weighted by Gasteiger charge is -2.09. The van der Waals surface area contributed by atoms with E-state index in [2.05, 4.69) is 31.0 Å². The summed E-state index contributed by atoms with van der Waals surface area (Å²) in [6.45, 7) is 0.667. The molecule has 0 saturated heterocycles. The van der Waals surface area contributed by atoms with Gasteiger partial charge < -0.3 is 5.11 Å². The van der Waals surface area contributed by atoms with Crippen molar-refractivity contribution in [3.63, 3.8) is 0 Å². The Hall–Kier alpha value is -1.29. The first kappa shape index (κ1) is 16.1.